The van der Waals surface area contributed by atoms with Crippen molar-refractivity contribution in [2.75, 3.05) is 0 Å². The topological polar surface area (TPSA) is 52.8 Å². The SMILES string of the molecule is C[C@@]12C[C@@H](c3ccccc3O1)n1c(s/c(=C\c3ccccc3OC(F)F)c1=O)=N2. The number of hydrogen-bond acceptors (Lipinski definition) is 5. The molecule has 2 bridgehead atoms. The predicted molar refractivity (Wildman–Crippen MR) is 104 cm³/mol. The zero-order valence-electron chi connectivity index (χ0n) is 15.3. The third-order valence-corrected chi connectivity index (χ3v) is 6.07. The molecular formula is C21H16F2N2O3S. The summed E-state index contributed by atoms with van der Waals surface area (Å²) in [6.45, 7) is -1.04. The Morgan fingerprint density at radius 3 is 2.86 bits per heavy atom. The normalized spacial score (nSPS) is 22.5. The Hall–Kier alpha value is -3.00. The number of halogens is 2. The number of nitrogens with zero attached hydrogens (tertiary/aromatic N) is 2. The van der Waals surface area contributed by atoms with Crippen molar-refractivity contribution in [3.8, 4) is 11.5 Å². The molecule has 0 aliphatic carbocycles. The quantitative estimate of drug-likeness (QED) is 0.662. The molecule has 2 aliphatic rings. The summed E-state index contributed by atoms with van der Waals surface area (Å²) in [7, 11) is 0. The van der Waals surface area contributed by atoms with E-state index in [0.717, 1.165) is 11.3 Å². The number of para-hydroxylation sites is 2. The lowest BCUT2D eigenvalue weighted by Crippen LogP contribution is -2.49. The molecule has 0 amide bonds. The molecule has 148 valence electrons. The lowest BCUT2D eigenvalue weighted by atomic mass is 9.93. The number of hydrogen-bond donors (Lipinski definition) is 0. The van der Waals surface area contributed by atoms with Gasteiger partial charge in [0.2, 0.25) is 5.72 Å². The molecule has 0 fully saturated rings. The van der Waals surface area contributed by atoms with Gasteiger partial charge in [-0.05, 0) is 25.1 Å². The zero-order valence-corrected chi connectivity index (χ0v) is 16.2. The first-order valence-corrected chi connectivity index (χ1v) is 9.90. The highest BCUT2D eigenvalue weighted by atomic mass is 32.1. The van der Waals surface area contributed by atoms with Crippen molar-refractivity contribution in [3.63, 3.8) is 0 Å². The molecule has 0 saturated heterocycles. The van der Waals surface area contributed by atoms with E-state index in [1.165, 1.54) is 17.4 Å². The summed E-state index contributed by atoms with van der Waals surface area (Å²) in [6.07, 6.45) is 2.13. The first-order valence-electron chi connectivity index (χ1n) is 9.08. The molecular weight excluding hydrogens is 398 g/mol. The maximum atomic E-state index is 13.2. The van der Waals surface area contributed by atoms with Gasteiger partial charge in [-0.25, -0.2) is 4.99 Å². The van der Waals surface area contributed by atoms with Gasteiger partial charge in [0, 0.05) is 17.5 Å². The third kappa shape index (κ3) is 3.04. The number of alkyl halides is 2. The van der Waals surface area contributed by atoms with Crippen LogP contribution in [0.4, 0.5) is 8.78 Å². The van der Waals surface area contributed by atoms with Crippen LogP contribution in [0.3, 0.4) is 0 Å². The third-order valence-electron chi connectivity index (χ3n) is 5.08. The van der Waals surface area contributed by atoms with Crippen molar-refractivity contribution in [2.24, 2.45) is 4.99 Å². The van der Waals surface area contributed by atoms with Crippen LogP contribution in [0.2, 0.25) is 0 Å². The van der Waals surface area contributed by atoms with Crippen LogP contribution < -0.4 is 24.4 Å². The molecule has 3 aromatic rings. The van der Waals surface area contributed by atoms with Gasteiger partial charge in [0.1, 0.15) is 11.5 Å². The average Bonchev–Trinajstić information content (AvgIpc) is 2.97. The van der Waals surface area contributed by atoms with Crippen molar-refractivity contribution in [3.05, 3.63) is 79.3 Å². The van der Waals surface area contributed by atoms with Gasteiger partial charge >= 0.3 is 6.61 Å². The van der Waals surface area contributed by atoms with Crippen LogP contribution in [-0.4, -0.2) is 16.9 Å². The van der Waals surface area contributed by atoms with Crippen molar-refractivity contribution in [2.45, 2.75) is 31.7 Å². The van der Waals surface area contributed by atoms with Crippen molar-refractivity contribution in [1.29, 1.82) is 0 Å². The summed E-state index contributed by atoms with van der Waals surface area (Å²) >= 11 is 1.22. The fourth-order valence-corrected chi connectivity index (χ4v) is 5.00. The second kappa shape index (κ2) is 6.52. The first-order chi connectivity index (χ1) is 13.9. The van der Waals surface area contributed by atoms with Gasteiger partial charge in [0.05, 0.1) is 10.6 Å². The largest absolute Gasteiger partial charge is 0.466 e. The van der Waals surface area contributed by atoms with Gasteiger partial charge in [-0.3, -0.25) is 9.36 Å². The summed E-state index contributed by atoms with van der Waals surface area (Å²) in [5.74, 6) is 0.745. The van der Waals surface area contributed by atoms with E-state index in [4.69, 9.17) is 4.74 Å². The lowest BCUT2D eigenvalue weighted by molar-refractivity contribution is -0.0499. The number of aromatic nitrogens is 1. The van der Waals surface area contributed by atoms with Gasteiger partial charge in [-0.15, -0.1) is 0 Å². The highest BCUT2D eigenvalue weighted by Gasteiger charge is 2.42. The Kier molecular flexibility index (Phi) is 4.06. The van der Waals surface area contributed by atoms with Crippen molar-refractivity contribution < 1.29 is 18.3 Å². The maximum Gasteiger partial charge on any atom is 0.387 e. The van der Waals surface area contributed by atoms with E-state index in [1.54, 1.807) is 28.8 Å². The molecule has 5 nitrogen and oxygen atoms in total. The number of thiazole rings is 1. The number of ether oxygens (including phenoxy) is 2. The first kappa shape index (κ1) is 18.1. The smallest absolute Gasteiger partial charge is 0.387 e. The molecule has 2 atom stereocenters. The number of rotatable bonds is 3. The molecule has 0 unspecified atom stereocenters. The molecule has 0 spiro atoms. The monoisotopic (exact) mass is 414 g/mol. The van der Waals surface area contributed by atoms with Gasteiger partial charge in [0.15, 0.2) is 4.80 Å². The summed E-state index contributed by atoms with van der Waals surface area (Å²) in [5, 5.41) is 0. The molecule has 29 heavy (non-hydrogen) atoms. The highest BCUT2D eigenvalue weighted by Crippen LogP contribution is 2.42. The minimum atomic E-state index is -2.94. The van der Waals surface area contributed by atoms with Gasteiger partial charge in [-0.1, -0.05) is 47.7 Å². The molecule has 3 heterocycles. The van der Waals surface area contributed by atoms with E-state index in [1.807, 2.05) is 31.2 Å². The second-order valence-electron chi connectivity index (χ2n) is 7.13. The molecule has 0 N–H and O–H groups in total. The average molecular weight is 414 g/mol. The molecule has 5 rings (SSSR count). The molecule has 2 aliphatic heterocycles. The Balaban J connectivity index is 1.70. The van der Waals surface area contributed by atoms with E-state index in [2.05, 4.69) is 9.73 Å². The molecule has 8 heteroatoms. The Bertz CT molecular complexity index is 1280. The fraction of sp³-hybridized carbons (Fsp3) is 0.238. The standard InChI is InChI=1S/C21H16F2N2O3S/c1-21-11-14(13-7-3-5-9-16(13)28-21)25-18(26)17(29-20(25)24-21)10-12-6-2-4-8-15(12)27-19(22)23/h2-10,14,19H,11H2,1H3/b17-10-/t14-,21-/m0/s1. The van der Waals surface area contributed by atoms with Crippen molar-refractivity contribution in [1.82, 2.24) is 4.57 Å². The summed E-state index contributed by atoms with van der Waals surface area (Å²) in [5.41, 5.74) is 0.401. The summed E-state index contributed by atoms with van der Waals surface area (Å²) < 4.78 is 38.2. The van der Waals surface area contributed by atoms with E-state index in [-0.39, 0.29) is 17.4 Å². The fourth-order valence-electron chi connectivity index (χ4n) is 3.88. The highest BCUT2D eigenvalue weighted by molar-refractivity contribution is 7.07. The van der Waals surface area contributed by atoms with Gasteiger partial charge in [0.25, 0.3) is 5.56 Å². The predicted octanol–water partition coefficient (Wildman–Crippen LogP) is 3.06. The Morgan fingerprint density at radius 2 is 2.03 bits per heavy atom. The summed E-state index contributed by atoms with van der Waals surface area (Å²) in [6, 6.07) is 13.8. The van der Waals surface area contributed by atoms with E-state index in [0.29, 0.717) is 21.3 Å². The van der Waals surface area contributed by atoms with E-state index >= 15 is 0 Å². The van der Waals surface area contributed by atoms with Gasteiger partial charge < -0.3 is 9.47 Å². The molecule has 2 aromatic carbocycles. The van der Waals surface area contributed by atoms with Gasteiger partial charge in [-0.2, -0.15) is 8.78 Å². The molecule has 0 saturated carbocycles. The van der Waals surface area contributed by atoms with Crippen molar-refractivity contribution >= 4 is 17.4 Å². The molecule has 0 radical (unpaired) electrons. The van der Waals surface area contributed by atoms with Crippen LogP contribution in [0.5, 0.6) is 11.5 Å². The Labute approximate surface area is 168 Å². The zero-order chi connectivity index (χ0) is 20.2. The van der Waals surface area contributed by atoms with E-state index in [9.17, 15) is 13.6 Å². The summed E-state index contributed by atoms with van der Waals surface area (Å²) in [4.78, 5) is 18.5. The van der Waals surface area contributed by atoms with Crippen LogP contribution in [0.1, 0.15) is 30.5 Å². The van der Waals surface area contributed by atoms with Crippen LogP contribution >= 0.6 is 11.3 Å². The van der Waals surface area contributed by atoms with Crippen LogP contribution in [-0.2, 0) is 0 Å². The molecule has 1 aromatic heterocycles. The number of benzene rings is 2. The van der Waals surface area contributed by atoms with Crippen LogP contribution in [0, 0.1) is 0 Å². The second-order valence-corrected chi connectivity index (χ2v) is 8.14. The minimum absolute atomic E-state index is 0.0228. The van der Waals surface area contributed by atoms with Crippen LogP contribution in [0.15, 0.2) is 58.3 Å². The lowest BCUT2D eigenvalue weighted by Gasteiger charge is -2.39. The minimum Gasteiger partial charge on any atom is -0.466 e. The Morgan fingerprint density at radius 1 is 1.28 bits per heavy atom. The maximum absolute atomic E-state index is 13.2. The van der Waals surface area contributed by atoms with Crippen LogP contribution in [0.25, 0.3) is 6.08 Å². The number of fused-ring (bicyclic) bond motifs is 6. The van der Waals surface area contributed by atoms with E-state index < -0.39 is 12.3 Å².